The number of carbonyl (C=O) groups excluding carboxylic acids is 3. The molecule has 8 nitrogen and oxygen atoms in total. The minimum absolute atomic E-state index is 0.0292. The second-order valence-corrected chi connectivity index (χ2v) is 9.72. The van der Waals surface area contributed by atoms with Gasteiger partial charge in [0.15, 0.2) is 0 Å². The Morgan fingerprint density at radius 1 is 1.03 bits per heavy atom. The summed E-state index contributed by atoms with van der Waals surface area (Å²) in [6.45, 7) is 0.228. The van der Waals surface area contributed by atoms with Crippen LogP contribution in [0.4, 0.5) is 5.69 Å². The molecule has 1 unspecified atom stereocenters. The van der Waals surface area contributed by atoms with Gasteiger partial charge in [-0.25, -0.2) is 0 Å². The van der Waals surface area contributed by atoms with Crippen LogP contribution in [0.3, 0.4) is 0 Å². The first-order valence-corrected chi connectivity index (χ1v) is 12.5. The first kappa shape index (κ1) is 22.9. The number of rotatable bonds is 3. The predicted molar refractivity (Wildman–Crippen MR) is 132 cm³/mol. The highest BCUT2D eigenvalue weighted by Crippen LogP contribution is 2.53. The molecule has 0 aromatic heterocycles. The molecule has 6 rings (SSSR count). The Kier molecular flexibility index (Phi) is 5.65. The van der Waals surface area contributed by atoms with E-state index in [-0.39, 0.29) is 31.6 Å². The first-order chi connectivity index (χ1) is 17.5. The zero-order valence-corrected chi connectivity index (χ0v) is 19.8. The van der Waals surface area contributed by atoms with Gasteiger partial charge in [0.2, 0.25) is 5.91 Å². The second kappa shape index (κ2) is 8.87. The Bertz CT molecular complexity index is 1290. The number of hydrogen-bond donors (Lipinski definition) is 1. The molecule has 2 fully saturated rings. The molecule has 4 aliphatic rings. The maximum Gasteiger partial charge on any atom is 0.312 e. The van der Waals surface area contributed by atoms with Crippen LogP contribution in [-0.2, 0) is 23.9 Å². The van der Waals surface area contributed by atoms with Gasteiger partial charge in [0.25, 0.3) is 5.91 Å². The van der Waals surface area contributed by atoms with Gasteiger partial charge in [0, 0.05) is 18.8 Å². The van der Waals surface area contributed by atoms with Crippen molar-refractivity contribution in [1.29, 1.82) is 0 Å². The number of β-amino-alcohol motifs (C(OH)–C–C–N with tert-alkyl or cyclic N) is 1. The molecule has 4 heterocycles. The van der Waals surface area contributed by atoms with E-state index < -0.39 is 35.6 Å². The summed E-state index contributed by atoms with van der Waals surface area (Å²) in [4.78, 5) is 44.2. The molecule has 2 amide bonds. The highest BCUT2D eigenvalue weighted by molar-refractivity contribution is 6.06. The summed E-state index contributed by atoms with van der Waals surface area (Å²) in [5, 5.41) is 11.8. The molecule has 0 aliphatic carbocycles. The fraction of sp³-hybridized carbons (Fsp3) is 0.393. The third kappa shape index (κ3) is 3.39. The summed E-state index contributed by atoms with van der Waals surface area (Å²) in [7, 11) is 0. The highest BCUT2D eigenvalue weighted by atomic mass is 16.6. The highest BCUT2D eigenvalue weighted by Gasteiger charge is 2.71. The van der Waals surface area contributed by atoms with Crippen molar-refractivity contribution in [1.82, 2.24) is 4.90 Å². The van der Waals surface area contributed by atoms with Gasteiger partial charge in [-0.15, -0.1) is 0 Å². The van der Waals surface area contributed by atoms with E-state index >= 15 is 0 Å². The molecule has 36 heavy (non-hydrogen) atoms. The van der Waals surface area contributed by atoms with Crippen LogP contribution in [0, 0.1) is 11.8 Å². The molecular weight excluding hydrogens is 460 g/mol. The van der Waals surface area contributed by atoms with Crippen molar-refractivity contribution in [2.75, 3.05) is 31.2 Å². The fourth-order valence-corrected chi connectivity index (χ4v) is 6.18. The van der Waals surface area contributed by atoms with E-state index in [0.29, 0.717) is 18.7 Å². The molecular formula is C28H28N2O6. The van der Waals surface area contributed by atoms with Crippen molar-refractivity contribution in [2.24, 2.45) is 11.8 Å². The first-order valence-electron chi connectivity index (χ1n) is 12.5. The third-order valence-corrected chi connectivity index (χ3v) is 7.74. The van der Waals surface area contributed by atoms with Crippen LogP contribution in [0.2, 0.25) is 0 Å². The summed E-state index contributed by atoms with van der Waals surface area (Å²) >= 11 is 0. The largest absolute Gasteiger partial charge is 0.465 e. The lowest BCUT2D eigenvalue weighted by molar-refractivity contribution is -0.154. The van der Waals surface area contributed by atoms with Crippen molar-refractivity contribution < 1.29 is 29.0 Å². The molecule has 2 saturated heterocycles. The Hall–Kier alpha value is -3.49. The van der Waals surface area contributed by atoms with Crippen molar-refractivity contribution in [3.05, 3.63) is 66.8 Å². The molecule has 1 N–H and O–H groups in total. The van der Waals surface area contributed by atoms with Crippen LogP contribution in [0.5, 0.6) is 0 Å². The summed E-state index contributed by atoms with van der Waals surface area (Å²) in [5.74, 6) is -2.93. The van der Waals surface area contributed by atoms with Gasteiger partial charge in [0.1, 0.15) is 17.6 Å². The molecule has 4 aliphatic heterocycles. The second-order valence-electron chi connectivity index (χ2n) is 9.72. The monoisotopic (exact) mass is 488 g/mol. The summed E-state index contributed by atoms with van der Waals surface area (Å²) in [6.07, 6.45) is 8.17. The van der Waals surface area contributed by atoms with Crippen molar-refractivity contribution >= 4 is 34.2 Å². The van der Waals surface area contributed by atoms with E-state index in [1.54, 1.807) is 11.0 Å². The molecule has 2 aromatic carbocycles. The number of nitrogens with zero attached hydrogens (tertiary/aromatic N) is 2. The maximum atomic E-state index is 14.2. The third-order valence-electron chi connectivity index (χ3n) is 7.74. The topological polar surface area (TPSA) is 96.4 Å². The predicted octanol–water partition coefficient (Wildman–Crippen LogP) is 2.21. The smallest absolute Gasteiger partial charge is 0.312 e. The van der Waals surface area contributed by atoms with Crippen LogP contribution in [-0.4, -0.2) is 71.8 Å². The number of ether oxygens (including phenoxy) is 2. The minimum atomic E-state index is -1.33. The van der Waals surface area contributed by atoms with Gasteiger partial charge in [-0.05, 0) is 35.7 Å². The number of amides is 2. The van der Waals surface area contributed by atoms with Crippen molar-refractivity contribution in [2.45, 2.75) is 30.6 Å². The lowest BCUT2D eigenvalue weighted by Crippen LogP contribution is -2.55. The number of allylic oxidation sites excluding steroid dienone is 1. The van der Waals surface area contributed by atoms with Crippen molar-refractivity contribution in [3.8, 4) is 0 Å². The summed E-state index contributed by atoms with van der Waals surface area (Å²) in [5.41, 5.74) is -0.618. The van der Waals surface area contributed by atoms with Gasteiger partial charge in [-0.3, -0.25) is 14.4 Å². The van der Waals surface area contributed by atoms with Crippen LogP contribution in [0.25, 0.3) is 10.8 Å². The Morgan fingerprint density at radius 2 is 1.86 bits per heavy atom. The number of hydrogen-bond acceptors (Lipinski definition) is 6. The molecule has 186 valence electrons. The zero-order chi connectivity index (χ0) is 24.9. The lowest BCUT2D eigenvalue weighted by Gasteiger charge is -2.35. The Morgan fingerprint density at radius 3 is 2.69 bits per heavy atom. The Balaban J connectivity index is 1.44. The standard InChI is InChI=1S/C28H28N2O6/c31-15-14-30-24-26(33)29(20-11-10-18-7-3-4-8-19(18)17-20)13-6-12-28(24)23(25(30)32)22-21(36-28)9-2-1-5-16-35-27(22)34/h2-4,6-12,17,21-24,31H,1,5,13-16H2/b9-2-/t21-,22+,23-,24?,28-/m0/s1. The Labute approximate surface area is 208 Å². The zero-order valence-electron chi connectivity index (χ0n) is 19.8. The van der Waals surface area contributed by atoms with Gasteiger partial charge in [-0.2, -0.15) is 0 Å². The van der Waals surface area contributed by atoms with Gasteiger partial charge in [-0.1, -0.05) is 54.6 Å². The number of fused-ring (bicyclic) bond motifs is 3. The SMILES string of the molecule is O=C1OCCC/C=C\[C@@H]2O[C@]34C=CCN(c5ccc6ccccc6c5)C(=O)C3N(CCO)C(=O)[C@@H]4[C@H]12. The molecule has 8 heteroatoms. The van der Waals surface area contributed by atoms with E-state index in [1.165, 1.54) is 4.90 Å². The maximum absolute atomic E-state index is 14.2. The summed E-state index contributed by atoms with van der Waals surface area (Å²) < 4.78 is 12.0. The molecule has 0 bridgehead atoms. The van der Waals surface area contributed by atoms with Crippen LogP contribution < -0.4 is 4.90 Å². The number of aliphatic hydroxyl groups is 1. The molecule has 5 atom stereocenters. The van der Waals surface area contributed by atoms with Crippen LogP contribution in [0.15, 0.2) is 66.8 Å². The molecule has 1 spiro atoms. The number of likely N-dealkylation sites (tertiary alicyclic amines) is 1. The van der Waals surface area contributed by atoms with Gasteiger partial charge in [0.05, 0.1) is 25.2 Å². The average molecular weight is 489 g/mol. The normalized spacial score (nSPS) is 32.8. The fourth-order valence-electron chi connectivity index (χ4n) is 6.18. The number of anilines is 1. The van der Waals surface area contributed by atoms with E-state index in [4.69, 9.17) is 9.47 Å². The van der Waals surface area contributed by atoms with Crippen LogP contribution >= 0.6 is 0 Å². The number of benzene rings is 2. The number of cyclic esters (lactones) is 1. The van der Waals surface area contributed by atoms with E-state index in [2.05, 4.69) is 0 Å². The lowest BCUT2D eigenvalue weighted by atomic mass is 9.78. The van der Waals surface area contributed by atoms with Gasteiger partial charge >= 0.3 is 5.97 Å². The van der Waals surface area contributed by atoms with E-state index in [0.717, 1.165) is 17.2 Å². The number of carbonyl (C=O) groups is 3. The number of esters is 1. The summed E-state index contributed by atoms with van der Waals surface area (Å²) in [6, 6.07) is 12.7. The average Bonchev–Trinajstić information content (AvgIpc) is 3.29. The molecule has 0 radical (unpaired) electrons. The quantitative estimate of drug-likeness (QED) is 0.526. The molecule has 2 aromatic rings. The van der Waals surface area contributed by atoms with Crippen LogP contribution in [0.1, 0.15) is 12.8 Å². The minimum Gasteiger partial charge on any atom is -0.465 e. The number of aliphatic hydroxyl groups excluding tert-OH is 1. The van der Waals surface area contributed by atoms with E-state index in [1.807, 2.05) is 60.7 Å². The van der Waals surface area contributed by atoms with Crippen molar-refractivity contribution in [3.63, 3.8) is 0 Å². The van der Waals surface area contributed by atoms with Gasteiger partial charge < -0.3 is 24.4 Å². The van der Waals surface area contributed by atoms with E-state index in [9.17, 15) is 19.5 Å². The molecule has 0 saturated carbocycles.